The van der Waals surface area contributed by atoms with Gasteiger partial charge in [0.05, 0.1) is 12.5 Å². The number of fused-ring (bicyclic) bond motifs is 1. The van der Waals surface area contributed by atoms with Gasteiger partial charge in [-0.3, -0.25) is 9.59 Å². The average molecular weight is 332 g/mol. The summed E-state index contributed by atoms with van der Waals surface area (Å²) in [5, 5.41) is 0. The maximum Gasteiger partial charge on any atom is 0.228 e. The van der Waals surface area contributed by atoms with Crippen LogP contribution in [0.2, 0.25) is 0 Å². The van der Waals surface area contributed by atoms with Crippen molar-refractivity contribution >= 4 is 24.2 Å². The Morgan fingerprint density at radius 1 is 1.32 bits per heavy atom. The van der Waals surface area contributed by atoms with E-state index in [0.29, 0.717) is 38.0 Å². The second kappa shape index (κ2) is 7.15. The minimum Gasteiger partial charge on any atom is -0.383 e. The maximum absolute atomic E-state index is 12.6. The van der Waals surface area contributed by atoms with Gasteiger partial charge in [-0.05, 0) is 24.7 Å². The summed E-state index contributed by atoms with van der Waals surface area (Å²) in [7, 11) is 1.62. The first-order valence-corrected chi connectivity index (χ1v) is 7.91. The van der Waals surface area contributed by atoms with Crippen LogP contribution in [0.1, 0.15) is 19.3 Å². The van der Waals surface area contributed by atoms with E-state index >= 15 is 0 Å². The molecule has 0 aromatic heterocycles. The van der Waals surface area contributed by atoms with Gasteiger partial charge >= 0.3 is 0 Å². The van der Waals surface area contributed by atoms with Gasteiger partial charge in [-0.25, -0.2) is 0 Å². The Morgan fingerprint density at radius 2 is 2.09 bits per heavy atom. The standard InChI is InChI=1S/C15H25N3O3.ClH/c1-21-5-4-17-8-11(6-14(17)19)15(20)18-7-10-2-3-13(16)12(10)9-18;/h10-13H,2-9,16H2,1H3;1H. The fourth-order valence-electron chi connectivity index (χ4n) is 4.10. The van der Waals surface area contributed by atoms with Crippen molar-refractivity contribution in [1.29, 1.82) is 0 Å². The number of amides is 2. The van der Waals surface area contributed by atoms with Crippen LogP contribution in [0.15, 0.2) is 0 Å². The molecule has 4 unspecified atom stereocenters. The number of hydrogen-bond acceptors (Lipinski definition) is 4. The van der Waals surface area contributed by atoms with Gasteiger partial charge in [0.1, 0.15) is 0 Å². The first kappa shape index (κ1) is 17.5. The molecule has 2 saturated heterocycles. The number of nitrogens with zero attached hydrogens (tertiary/aromatic N) is 2. The van der Waals surface area contributed by atoms with Crippen molar-refractivity contribution in [2.24, 2.45) is 23.5 Å². The Hall–Kier alpha value is -0.850. The van der Waals surface area contributed by atoms with Crippen LogP contribution in [0.25, 0.3) is 0 Å². The predicted octanol–water partition coefficient (Wildman–Crippen LogP) is 0.0988. The van der Waals surface area contributed by atoms with Gasteiger partial charge in [-0.15, -0.1) is 12.4 Å². The van der Waals surface area contributed by atoms with Crippen molar-refractivity contribution in [1.82, 2.24) is 9.80 Å². The lowest BCUT2D eigenvalue weighted by atomic mass is 9.98. The summed E-state index contributed by atoms with van der Waals surface area (Å²) in [6, 6.07) is 0.246. The first-order valence-electron chi connectivity index (χ1n) is 7.91. The molecule has 3 rings (SSSR count). The van der Waals surface area contributed by atoms with E-state index in [0.717, 1.165) is 25.9 Å². The molecule has 0 spiro atoms. The molecule has 1 aliphatic carbocycles. The third kappa shape index (κ3) is 3.24. The number of carbonyl (C=O) groups excluding carboxylic acids is 2. The monoisotopic (exact) mass is 331 g/mol. The maximum atomic E-state index is 12.6. The third-order valence-electron chi connectivity index (χ3n) is 5.35. The summed E-state index contributed by atoms with van der Waals surface area (Å²) in [4.78, 5) is 28.3. The number of ether oxygens (including phenoxy) is 1. The van der Waals surface area contributed by atoms with Gasteiger partial charge in [-0.2, -0.15) is 0 Å². The first-order chi connectivity index (χ1) is 10.1. The zero-order valence-electron chi connectivity index (χ0n) is 13.1. The largest absolute Gasteiger partial charge is 0.383 e. The lowest BCUT2D eigenvalue weighted by Crippen LogP contribution is -2.38. The molecule has 0 aromatic rings. The highest BCUT2D eigenvalue weighted by molar-refractivity contribution is 5.89. The van der Waals surface area contributed by atoms with Crippen molar-refractivity contribution in [3.63, 3.8) is 0 Å². The van der Waals surface area contributed by atoms with Crippen LogP contribution >= 0.6 is 12.4 Å². The van der Waals surface area contributed by atoms with Gasteiger partial charge in [0, 0.05) is 45.8 Å². The Morgan fingerprint density at radius 3 is 2.77 bits per heavy atom. The van der Waals surface area contributed by atoms with Crippen LogP contribution in [0.4, 0.5) is 0 Å². The van der Waals surface area contributed by atoms with E-state index in [1.807, 2.05) is 4.90 Å². The second-order valence-corrected chi connectivity index (χ2v) is 6.64. The van der Waals surface area contributed by atoms with Crippen molar-refractivity contribution < 1.29 is 14.3 Å². The number of rotatable bonds is 4. The number of methoxy groups -OCH3 is 1. The Bertz CT molecular complexity index is 434. The SMILES string of the molecule is COCCN1CC(C(=O)N2CC3CCC(N)C3C2)CC1=O.Cl. The van der Waals surface area contributed by atoms with Crippen LogP contribution in [-0.2, 0) is 14.3 Å². The van der Waals surface area contributed by atoms with Gasteiger partial charge in [0.15, 0.2) is 0 Å². The molecule has 2 heterocycles. The zero-order valence-corrected chi connectivity index (χ0v) is 13.9. The molecule has 0 bridgehead atoms. The predicted molar refractivity (Wildman–Crippen MR) is 84.6 cm³/mol. The molecule has 2 amide bonds. The zero-order chi connectivity index (χ0) is 15.0. The molecule has 6 nitrogen and oxygen atoms in total. The smallest absolute Gasteiger partial charge is 0.228 e. The lowest BCUT2D eigenvalue weighted by Gasteiger charge is -2.22. The quantitative estimate of drug-likeness (QED) is 0.792. The van der Waals surface area contributed by atoms with Gasteiger partial charge in [-0.1, -0.05) is 0 Å². The summed E-state index contributed by atoms with van der Waals surface area (Å²) in [6.07, 6.45) is 2.57. The van der Waals surface area contributed by atoms with Crippen molar-refractivity contribution in [3.8, 4) is 0 Å². The topological polar surface area (TPSA) is 75.9 Å². The van der Waals surface area contributed by atoms with E-state index in [4.69, 9.17) is 10.5 Å². The summed E-state index contributed by atoms with van der Waals surface area (Å²) in [5.41, 5.74) is 6.12. The highest BCUT2D eigenvalue weighted by atomic mass is 35.5. The fraction of sp³-hybridized carbons (Fsp3) is 0.867. The molecule has 0 aromatic carbocycles. The molecule has 3 fully saturated rings. The van der Waals surface area contributed by atoms with E-state index in [9.17, 15) is 9.59 Å². The number of halogens is 1. The van der Waals surface area contributed by atoms with Gasteiger partial charge in [0.2, 0.25) is 11.8 Å². The fourth-order valence-corrected chi connectivity index (χ4v) is 4.10. The van der Waals surface area contributed by atoms with E-state index in [1.165, 1.54) is 0 Å². The van der Waals surface area contributed by atoms with Gasteiger partial charge < -0.3 is 20.3 Å². The molecule has 4 atom stereocenters. The summed E-state index contributed by atoms with van der Waals surface area (Å²) in [6.45, 7) is 3.26. The highest BCUT2D eigenvalue weighted by Gasteiger charge is 2.45. The molecular formula is C15H26ClN3O3. The Kier molecular flexibility index (Phi) is 5.69. The minimum atomic E-state index is -0.176. The molecule has 3 aliphatic rings. The van der Waals surface area contributed by atoms with E-state index in [1.54, 1.807) is 12.0 Å². The van der Waals surface area contributed by atoms with Crippen LogP contribution in [-0.4, -0.2) is 67.6 Å². The van der Waals surface area contributed by atoms with E-state index in [2.05, 4.69) is 0 Å². The van der Waals surface area contributed by atoms with Crippen LogP contribution in [0, 0.1) is 17.8 Å². The molecule has 126 valence electrons. The molecule has 2 aliphatic heterocycles. The molecular weight excluding hydrogens is 306 g/mol. The molecule has 2 N–H and O–H groups in total. The number of likely N-dealkylation sites (tertiary alicyclic amines) is 2. The normalized spacial score (nSPS) is 34.0. The van der Waals surface area contributed by atoms with E-state index in [-0.39, 0.29) is 36.2 Å². The Labute approximate surface area is 137 Å². The molecule has 7 heteroatoms. The molecule has 0 radical (unpaired) electrons. The van der Waals surface area contributed by atoms with Crippen LogP contribution in [0.5, 0.6) is 0 Å². The second-order valence-electron chi connectivity index (χ2n) is 6.64. The molecule has 22 heavy (non-hydrogen) atoms. The van der Waals surface area contributed by atoms with Crippen LogP contribution in [0.3, 0.4) is 0 Å². The van der Waals surface area contributed by atoms with Gasteiger partial charge in [0.25, 0.3) is 0 Å². The highest BCUT2D eigenvalue weighted by Crippen LogP contribution is 2.38. The van der Waals surface area contributed by atoms with E-state index < -0.39 is 0 Å². The summed E-state index contributed by atoms with van der Waals surface area (Å²) < 4.78 is 5.01. The number of hydrogen-bond donors (Lipinski definition) is 1. The number of nitrogens with two attached hydrogens (primary N) is 1. The lowest BCUT2D eigenvalue weighted by molar-refractivity contribution is -0.135. The number of carbonyl (C=O) groups is 2. The third-order valence-corrected chi connectivity index (χ3v) is 5.35. The van der Waals surface area contributed by atoms with Crippen molar-refractivity contribution in [3.05, 3.63) is 0 Å². The van der Waals surface area contributed by atoms with Crippen LogP contribution < -0.4 is 5.73 Å². The summed E-state index contributed by atoms with van der Waals surface area (Å²) in [5.74, 6) is 1.08. The molecule has 1 saturated carbocycles. The average Bonchev–Trinajstić information content (AvgIpc) is 3.13. The summed E-state index contributed by atoms with van der Waals surface area (Å²) >= 11 is 0. The Balaban J connectivity index is 0.00000176. The van der Waals surface area contributed by atoms with Crippen molar-refractivity contribution in [2.75, 3.05) is 39.9 Å². The van der Waals surface area contributed by atoms with Crippen molar-refractivity contribution in [2.45, 2.75) is 25.3 Å². The minimum absolute atomic E-state index is 0.